The van der Waals surface area contributed by atoms with Crippen molar-refractivity contribution in [2.24, 2.45) is 0 Å². The van der Waals surface area contributed by atoms with Gasteiger partial charge in [-0.1, -0.05) is 24.2 Å². The Bertz CT molecular complexity index is 858. The van der Waals surface area contributed by atoms with E-state index in [4.69, 9.17) is 0 Å². The summed E-state index contributed by atoms with van der Waals surface area (Å²) < 4.78 is 13.0. The van der Waals surface area contributed by atoms with Crippen molar-refractivity contribution in [3.05, 3.63) is 40.1 Å². The Kier molecular flexibility index (Phi) is 6.03. The van der Waals surface area contributed by atoms with Gasteiger partial charge < -0.3 is 15.5 Å². The molecule has 2 heterocycles. The number of anilines is 1. The molecule has 2 fully saturated rings. The number of halogens is 1. The Labute approximate surface area is 172 Å². The van der Waals surface area contributed by atoms with Crippen LogP contribution >= 0.6 is 11.3 Å². The summed E-state index contributed by atoms with van der Waals surface area (Å²) in [6.07, 6.45) is 6.17. The van der Waals surface area contributed by atoms with Gasteiger partial charge in [0.25, 0.3) is 5.91 Å². The van der Waals surface area contributed by atoms with Gasteiger partial charge in [0.1, 0.15) is 10.8 Å². The summed E-state index contributed by atoms with van der Waals surface area (Å²) in [7, 11) is 0. The monoisotopic (exact) mass is 417 g/mol. The number of nitrogens with one attached hydrogen (secondary N) is 2. The Balaban J connectivity index is 1.29. The first kappa shape index (κ1) is 19.8. The van der Waals surface area contributed by atoms with Crippen molar-refractivity contribution < 1.29 is 14.0 Å². The molecule has 2 aromatic rings. The first-order valence-corrected chi connectivity index (χ1v) is 10.9. The van der Waals surface area contributed by atoms with Gasteiger partial charge >= 0.3 is 6.03 Å². The number of rotatable bonds is 4. The zero-order valence-electron chi connectivity index (χ0n) is 16.1. The van der Waals surface area contributed by atoms with E-state index in [1.807, 2.05) is 4.90 Å². The third-order valence-corrected chi connectivity index (χ3v) is 6.64. The fourth-order valence-electron chi connectivity index (χ4n) is 3.87. The molecule has 2 N–H and O–H groups in total. The summed E-state index contributed by atoms with van der Waals surface area (Å²) in [5.41, 5.74) is 0.509. The lowest BCUT2D eigenvalue weighted by atomic mass is 9.98. The summed E-state index contributed by atoms with van der Waals surface area (Å²) >= 11 is 1.28. The number of likely N-dealkylation sites (tertiary alicyclic amines) is 1. The van der Waals surface area contributed by atoms with Gasteiger partial charge in [0.05, 0.1) is 0 Å². The summed E-state index contributed by atoms with van der Waals surface area (Å²) in [5, 5.41) is 15.2. The Hall–Kier alpha value is -2.55. The van der Waals surface area contributed by atoms with E-state index in [0.717, 1.165) is 30.7 Å². The van der Waals surface area contributed by atoms with Gasteiger partial charge in [-0.15, -0.1) is 10.2 Å². The van der Waals surface area contributed by atoms with Crippen LogP contribution in [0.15, 0.2) is 24.3 Å². The molecule has 1 saturated carbocycles. The third kappa shape index (κ3) is 4.90. The first-order valence-electron chi connectivity index (χ1n) is 10.0. The number of hydrogen-bond donors (Lipinski definition) is 2. The van der Waals surface area contributed by atoms with Gasteiger partial charge in [0.2, 0.25) is 5.01 Å². The molecule has 1 aliphatic carbocycles. The van der Waals surface area contributed by atoms with Crippen LogP contribution in [-0.4, -0.2) is 46.2 Å². The van der Waals surface area contributed by atoms with Crippen LogP contribution < -0.4 is 10.6 Å². The Morgan fingerprint density at radius 3 is 2.41 bits per heavy atom. The largest absolute Gasteiger partial charge is 0.335 e. The number of hydrogen-bond acceptors (Lipinski definition) is 5. The van der Waals surface area contributed by atoms with Crippen molar-refractivity contribution in [2.45, 2.75) is 50.5 Å². The highest BCUT2D eigenvalue weighted by molar-refractivity contribution is 7.13. The molecular formula is C20H24FN5O2S. The maximum absolute atomic E-state index is 13.0. The number of carbonyl (C=O) groups excluding carboxylic acids is 2. The lowest BCUT2D eigenvalue weighted by Crippen LogP contribution is -2.47. The van der Waals surface area contributed by atoms with E-state index < -0.39 is 0 Å². The maximum atomic E-state index is 13.0. The van der Waals surface area contributed by atoms with Crippen molar-refractivity contribution in [3.8, 4) is 0 Å². The highest BCUT2D eigenvalue weighted by atomic mass is 32.1. The van der Waals surface area contributed by atoms with E-state index in [1.165, 1.54) is 48.4 Å². The number of piperidine rings is 1. The van der Waals surface area contributed by atoms with Gasteiger partial charge in [-0.2, -0.15) is 0 Å². The van der Waals surface area contributed by atoms with Crippen molar-refractivity contribution in [1.29, 1.82) is 0 Å². The average Bonchev–Trinajstić information content (AvgIpc) is 3.42. The van der Waals surface area contributed by atoms with Crippen LogP contribution in [0.4, 0.5) is 14.9 Å². The van der Waals surface area contributed by atoms with E-state index in [9.17, 15) is 14.0 Å². The number of carbonyl (C=O) groups is 2. The summed E-state index contributed by atoms with van der Waals surface area (Å²) in [6.45, 7) is 1.36. The molecule has 1 aromatic carbocycles. The van der Waals surface area contributed by atoms with Gasteiger partial charge in [-0.05, 0) is 49.9 Å². The van der Waals surface area contributed by atoms with Crippen molar-refractivity contribution in [1.82, 2.24) is 20.4 Å². The molecule has 7 nitrogen and oxygen atoms in total. The van der Waals surface area contributed by atoms with Crippen LogP contribution in [0.3, 0.4) is 0 Å². The number of urea groups is 1. The standard InChI is InChI=1S/C20H24FN5O2S/c21-14-5-7-16(8-6-14)22-17(27)19-25-24-18(29-19)13-9-11-26(12-10-13)20(28)23-15-3-1-2-4-15/h5-8,13,15H,1-4,9-12H2,(H,22,27)(H,23,28). The van der Waals surface area contributed by atoms with Crippen LogP contribution in [-0.2, 0) is 0 Å². The summed E-state index contributed by atoms with van der Waals surface area (Å²) in [6, 6.07) is 5.94. The lowest BCUT2D eigenvalue weighted by Gasteiger charge is -2.31. The van der Waals surface area contributed by atoms with Gasteiger partial charge in [-0.3, -0.25) is 4.79 Å². The average molecular weight is 418 g/mol. The molecule has 154 valence electrons. The number of benzene rings is 1. The van der Waals surface area contributed by atoms with E-state index >= 15 is 0 Å². The van der Waals surface area contributed by atoms with Crippen LogP contribution in [0.1, 0.15) is 59.3 Å². The lowest BCUT2D eigenvalue weighted by molar-refractivity contribution is 0.102. The smallest absolute Gasteiger partial charge is 0.317 e. The van der Waals surface area contributed by atoms with Crippen molar-refractivity contribution >= 4 is 29.0 Å². The highest BCUT2D eigenvalue weighted by Crippen LogP contribution is 2.30. The number of nitrogens with zero attached hydrogens (tertiary/aromatic N) is 3. The Morgan fingerprint density at radius 1 is 1.03 bits per heavy atom. The molecule has 1 saturated heterocycles. The van der Waals surface area contributed by atoms with Crippen LogP contribution in [0.25, 0.3) is 0 Å². The molecule has 0 spiro atoms. The minimum Gasteiger partial charge on any atom is -0.335 e. The third-order valence-electron chi connectivity index (χ3n) is 5.55. The number of aromatic nitrogens is 2. The summed E-state index contributed by atoms with van der Waals surface area (Å²) in [4.78, 5) is 26.6. The fourth-order valence-corrected chi connectivity index (χ4v) is 4.78. The molecule has 0 unspecified atom stereocenters. The van der Waals surface area contributed by atoms with E-state index in [0.29, 0.717) is 24.8 Å². The minimum absolute atomic E-state index is 0.0342. The van der Waals surface area contributed by atoms with E-state index in [2.05, 4.69) is 20.8 Å². The van der Waals surface area contributed by atoms with Crippen molar-refractivity contribution in [2.75, 3.05) is 18.4 Å². The van der Waals surface area contributed by atoms with E-state index in [1.54, 1.807) is 0 Å². The molecule has 9 heteroatoms. The molecule has 29 heavy (non-hydrogen) atoms. The SMILES string of the molecule is O=C(Nc1ccc(F)cc1)c1nnc(C2CCN(C(=O)NC3CCCC3)CC2)s1. The van der Waals surface area contributed by atoms with Gasteiger partial charge in [-0.25, -0.2) is 9.18 Å². The molecule has 4 rings (SSSR count). The molecule has 0 atom stereocenters. The molecular weight excluding hydrogens is 393 g/mol. The normalized spacial score (nSPS) is 18.0. The van der Waals surface area contributed by atoms with Crippen LogP contribution in [0.5, 0.6) is 0 Å². The maximum Gasteiger partial charge on any atom is 0.317 e. The molecule has 1 aliphatic heterocycles. The number of amides is 3. The molecule has 0 radical (unpaired) electrons. The highest BCUT2D eigenvalue weighted by Gasteiger charge is 2.28. The van der Waals surface area contributed by atoms with Crippen LogP contribution in [0.2, 0.25) is 0 Å². The molecule has 1 aromatic heterocycles. The quantitative estimate of drug-likeness (QED) is 0.793. The molecule has 3 amide bonds. The van der Waals surface area contributed by atoms with E-state index in [-0.39, 0.29) is 28.7 Å². The second kappa shape index (κ2) is 8.86. The summed E-state index contributed by atoms with van der Waals surface area (Å²) in [5.74, 6) is -0.506. The molecule has 0 bridgehead atoms. The zero-order chi connectivity index (χ0) is 20.2. The Morgan fingerprint density at radius 2 is 1.72 bits per heavy atom. The van der Waals surface area contributed by atoms with Crippen molar-refractivity contribution in [3.63, 3.8) is 0 Å². The topological polar surface area (TPSA) is 87.2 Å². The second-order valence-electron chi connectivity index (χ2n) is 7.60. The zero-order valence-corrected chi connectivity index (χ0v) is 16.9. The van der Waals surface area contributed by atoms with Gasteiger partial charge in [0, 0.05) is 30.7 Å². The first-order chi connectivity index (χ1) is 14.1. The predicted octanol–water partition coefficient (Wildman–Crippen LogP) is 3.76. The molecule has 2 aliphatic rings. The second-order valence-corrected chi connectivity index (χ2v) is 8.61. The predicted molar refractivity (Wildman–Crippen MR) is 109 cm³/mol. The van der Waals surface area contributed by atoms with Crippen LogP contribution in [0, 0.1) is 5.82 Å². The van der Waals surface area contributed by atoms with Gasteiger partial charge in [0.15, 0.2) is 0 Å². The fraction of sp³-hybridized carbons (Fsp3) is 0.500. The minimum atomic E-state index is -0.357.